The van der Waals surface area contributed by atoms with E-state index in [0.29, 0.717) is 0 Å². The van der Waals surface area contributed by atoms with Gasteiger partial charge in [-0.2, -0.15) is 0 Å². The summed E-state index contributed by atoms with van der Waals surface area (Å²) in [6.45, 7) is 9.42. The van der Waals surface area contributed by atoms with Gasteiger partial charge in [0, 0.05) is 29.7 Å². The molecule has 0 amide bonds. The molecule has 0 radical (unpaired) electrons. The number of benzene rings is 1. The zero-order valence-corrected chi connectivity index (χ0v) is 12.5. The first-order chi connectivity index (χ1) is 9.26. The molecule has 2 rings (SSSR count). The van der Waals surface area contributed by atoms with Gasteiger partial charge in [-0.05, 0) is 41.7 Å². The number of allylic oxidation sites excluding steroid dienone is 1. The lowest BCUT2D eigenvalue weighted by atomic mass is 9.97. The van der Waals surface area contributed by atoms with Gasteiger partial charge in [-0.1, -0.05) is 26.8 Å². The van der Waals surface area contributed by atoms with Crippen molar-refractivity contribution < 1.29 is 9.90 Å². The summed E-state index contributed by atoms with van der Waals surface area (Å²) in [5, 5.41) is 9.95. The number of carboxylic acid groups (broad SMARTS) is 1. The average molecular weight is 271 g/mol. The quantitative estimate of drug-likeness (QED) is 0.851. The normalized spacial score (nSPS) is 12.9. The first-order valence-electron chi connectivity index (χ1n) is 6.77. The second kappa shape index (κ2) is 5.16. The molecule has 1 N–H and O–H groups in total. The molecule has 0 bridgehead atoms. The van der Waals surface area contributed by atoms with E-state index in [2.05, 4.69) is 43.7 Å². The van der Waals surface area contributed by atoms with Crippen LogP contribution in [0, 0.1) is 5.41 Å². The van der Waals surface area contributed by atoms with Crippen LogP contribution < -0.4 is 0 Å². The third-order valence-corrected chi connectivity index (χ3v) is 3.21. The van der Waals surface area contributed by atoms with Crippen molar-refractivity contribution in [3.63, 3.8) is 0 Å². The molecule has 0 spiro atoms. The van der Waals surface area contributed by atoms with E-state index >= 15 is 0 Å². The molecule has 0 aliphatic heterocycles. The van der Waals surface area contributed by atoms with Crippen LogP contribution >= 0.6 is 0 Å². The lowest BCUT2D eigenvalue weighted by molar-refractivity contribution is -0.131. The highest BCUT2D eigenvalue weighted by atomic mass is 16.4. The van der Waals surface area contributed by atoms with Crippen molar-refractivity contribution in [1.82, 2.24) is 4.57 Å². The maximum Gasteiger partial charge on any atom is 0.328 e. The maximum absolute atomic E-state index is 10.7. The number of nitrogens with zero attached hydrogens (tertiary/aromatic N) is 1. The smallest absolute Gasteiger partial charge is 0.328 e. The molecule has 0 aliphatic carbocycles. The van der Waals surface area contributed by atoms with E-state index in [1.165, 1.54) is 11.6 Å². The Morgan fingerprint density at radius 3 is 2.60 bits per heavy atom. The van der Waals surface area contributed by atoms with Crippen LogP contribution in [0.5, 0.6) is 0 Å². The zero-order chi connectivity index (χ0) is 14.9. The zero-order valence-electron chi connectivity index (χ0n) is 12.5. The number of aromatic nitrogens is 1. The van der Waals surface area contributed by atoms with Crippen LogP contribution in [0.4, 0.5) is 0 Å². The molecule has 0 aliphatic rings. The number of fused-ring (bicyclic) bond motifs is 1. The fraction of sp³-hybridized carbons (Fsp3) is 0.353. The van der Waals surface area contributed by atoms with E-state index in [-0.39, 0.29) is 5.41 Å². The fourth-order valence-corrected chi connectivity index (χ4v) is 2.36. The Labute approximate surface area is 119 Å². The van der Waals surface area contributed by atoms with Gasteiger partial charge < -0.3 is 9.67 Å². The molecule has 2 aromatic rings. The van der Waals surface area contributed by atoms with Gasteiger partial charge in [0.05, 0.1) is 0 Å². The summed E-state index contributed by atoms with van der Waals surface area (Å²) in [7, 11) is 0. The molecular formula is C17H21NO2. The molecule has 1 heterocycles. The largest absolute Gasteiger partial charge is 0.478 e. The summed E-state index contributed by atoms with van der Waals surface area (Å²) in [4.78, 5) is 10.7. The first kappa shape index (κ1) is 14.4. The molecule has 0 fully saturated rings. The van der Waals surface area contributed by atoms with Crippen LogP contribution in [0.25, 0.3) is 16.5 Å². The van der Waals surface area contributed by atoms with Gasteiger partial charge in [0.2, 0.25) is 0 Å². The predicted molar refractivity (Wildman–Crippen MR) is 82.7 cm³/mol. The number of hydrogen-bond acceptors (Lipinski definition) is 1. The van der Waals surface area contributed by atoms with Gasteiger partial charge in [-0.25, -0.2) is 4.79 Å². The van der Waals surface area contributed by atoms with Gasteiger partial charge in [-0.3, -0.25) is 0 Å². The van der Waals surface area contributed by atoms with Crippen LogP contribution in [0.3, 0.4) is 0 Å². The first-order valence-corrected chi connectivity index (χ1v) is 6.77. The van der Waals surface area contributed by atoms with Crippen LogP contribution in [-0.4, -0.2) is 15.6 Å². The van der Waals surface area contributed by atoms with Gasteiger partial charge in [0.25, 0.3) is 0 Å². The number of carboxylic acids is 1. The van der Waals surface area contributed by atoms with E-state index in [4.69, 9.17) is 5.11 Å². The molecule has 3 nitrogen and oxygen atoms in total. The molecule has 1 aromatic heterocycles. The SMILES string of the molecule is CC(=CC(=O)O)c1ccc2c(ccn2CC(C)(C)C)c1. The Kier molecular flexibility index (Phi) is 3.71. The monoisotopic (exact) mass is 271 g/mol. The summed E-state index contributed by atoms with van der Waals surface area (Å²) >= 11 is 0. The van der Waals surface area contributed by atoms with Gasteiger partial charge in [0.1, 0.15) is 0 Å². The highest BCUT2D eigenvalue weighted by Crippen LogP contribution is 2.25. The molecule has 3 heteroatoms. The van der Waals surface area contributed by atoms with Crippen LogP contribution in [-0.2, 0) is 11.3 Å². The van der Waals surface area contributed by atoms with Crippen molar-refractivity contribution in [2.75, 3.05) is 0 Å². The Hall–Kier alpha value is -2.03. The highest BCUT2D eigenvalue weighted by molar-refractivity contribution is 5.91. The summed E-state index contributed by atoms with van der Waals surface area (Å²) in [6, 6.07) is 8.17. The Bertz CT molecular complexity index is 672. The van der Waals surface area contributed by atoms with Crippen molar-refractivity contribution in [3.05, 3.63) is 42.1 Å². The molecule has 20 heavy (non-hydrogen) atoms. The average Bonchev–Trinajstić information content (AvgIpc) is 2.68. The molecule has 106 valence electrons. The highest BCUT2D eigenvalue weighted by Gasteiger charge is 2.12. The van der Waals surface area contributed by atoms with Gasteiger partial charge >= 0.3 is 5.97 Å². The summed E-state index contributed by atoms with van der Waals surface area (Å²) in [6.07, 6.45) is 3.34. The topological polar surface area (TPSA) is 42.2 Å². The van der Waals surface area contributed by atoms with E-state index in [9.17, 15) is 4.79 Å². The Balaban J connectivity index is 2.40. The molecule has 1 aromatic carbocycles. The molecule has 0 atom stereocenters. The standard InChI is InChI=1S/C17H21NO2/c1-12(9-16(19)20)13-5-6-15-14(10-13)7-8-18(15)11-17(2,3)4/h5-10H,11H2,1-4H3,(H,19,20). The minimum atomic E-state index is -0.909. The lowest BCUT2D eigenvalue weighted by Gasteiger charge is -2.19. The van der Waals surface area contributed by atoms with E-state index < -0.39 is 5.97 Å². The lowest BCUT2D eigenvalue weighted by Crippen LogP contribution is -2.14. The Morgan fingerprint density at radius 1 is 1.30 bits per heavy atom. The molecular weight excluding hydrogens is 250 g/mol. The van der Waals surface area contributed by atoms with Crippen molar-refractivity contribution in [1.29, 1.82) is 0 Å². The molecule has 0 unspecified atom stereocenters. The van der Waals surface area contributed by atoms with Gasteiger partial charge in [-0.15, -0.1) is 0 Å². The molecule has 0 saturated heterocycles. The van der Waals surface area contributed by atoms with Crippen molar-refractivity contribution in [3.8, 4) is 0 Å². The maximum atomic E-state index is 10.7. The van der Waals surface area contributed by atoms with E-state index in [0.717, 1.165) is 23.1 Å². The number of rotatable bonds is 3. The number of aliphatic carboxylic acids is 1. The fourth-order valence-electron chi connectivity index (χ4n) is 2.36. The number of hydrogen-bond donors (Lipinski definition) is 1. The Morgan fingerprint density at radius 2 is 2.00 bits per heavy atom. The minimum absolute atomic E-state index is 0.226. The predicted octanol–water partition coefficient (Wildman–Crippen LogP) is 4.18. The summed E-state index contributed by atoms with van der Waals surface area (Å²) < 4.78 is 2.25. The van der Waals surface area contributed by atoms with Crippen LogP contribution in [0.2, 0.25) is 0 Å². The third-order valence-electron chi connectivity index (χ3n) is 3.21. The summed E-state index contributed by atoms with van der Waals surface area (Å²) in [5.41, 5.74) is 3.13. The van der Waals surface area contributed by atoms with Gasteiger partial charge in [0.15, 0.2) is 0 Å². The molecule has 0 saturated carbocycles. The van der Waals surface area contributed by atoms with Crippen molar-refractivity contribution >= 4 is 22.4 Å². The summed E-state index contributed by atoms with van der Waals surface area (Å²) in [5.74, 6) is -0.909. The van der Waals surface area contributed by atoms with Crippen LogP contribution in [0.15, 0.2) is 36.5 Å². The second-order valence-electron chi connectivity index (χ2n) is 6.44. The van der Waals surface area contributed by atoms with E-state index in [1.54, 1.807) is 0 Å². The second-order valence-corrected chi connectivity index (χ2v) is 6.44. The van der Waals surface area contributed by atoms with Crippen molar-refractivity contribution in [2.24, 2.45) is 5.41 Å². The van der Waals surface area contributed by atoms with Crippen molar-refractivity contribution in [2.45, 2.75) is 34.2 Å². The van der Waals surface area contributed by atoms with Crippen LogP contribution in [0.1, 0.15) is 33.3 Å². The van der Waals surface area contributed by atoms with E-state index in [1.807, 2.05) is 19.1 Å². The minimum Gasteiger partial charge on any atom is -0.478 e. The third kappa shape index (κ3) is 3.29. The number of carbonyl (C=O) groups is 1.